The van der Waals surface area contributed by atoms with Crippen LogP contribution < -0.4 is 0 Å². The van der Waals surface area contributed by atoms with Gasteiger partial charge in [0.2, 0.25) is 0 Å². The molecule has 1 saturated heterocycles. The SMILES string of the molecule is CN(Cc1cccc2cccnc12)C1COCC1C(=O)O. The normalized spacial score (nSPS) is 22.0. The summed E-state index contributed by atoms with van der Waals surface area (Å²) in [5.41, 5.74) is 2.07. The predicted molar refractivity (Wildman–Crippen MR) is 78.9 cm³/mol. The maximum Gasteiger partial charge on any atom is 0.310 e. The van der Waals surface area contributed by atoms with Crippen molar-refractivity contribution in [1.29, 1.82) is 0 Å². The second-order valence-corrected chi connectivity index (χ2v) is 5.46. The first-order valence-corrected chi connectivity index (χ1v) is 7.00. The Morgan fingerprint density at radius 2 is 2.19 bits per heavy atom. The monoisotopic (exact) mass is 286 g/mol. The fourth-order valence-corrected chi connectivity index (χ4v) is 2.89. The van der Waals surface area contributed by atoms with Gasteiger partial charge in [0.15, 0.2) is 0 Å². The quantitative estimate of drug-likeness (QED) is 0.928. The number of carbonyl (C=O) groups is 1. The number of ether oxygens (including phenoxy) is 1. The van der Waals surface area contributed by atoms with Crippen molar-refractivity contribution in [1.82, 2.24) is 9.88 Å². The number of hydrogen-bond acceptors (Lipinski definition) is 4. The van der Waals surface area contributed by atoms with Crippen molar-refractivity contribution in [2.75, 3.05) is 20.3 Å². The largest absolute Gasteiger partial charge is 0.481 e. The molecule has 2 atom stereocenters. The Bertz CT molecular complexity index is 654. The van der Waals surface area contributed by atoms with Crippen LogP contribution in [0.2, 0.25) is 0 Å². The van der Waals surface area contributed by atoms with Gasteiger partial charge in [0.1, 0.15) is 0 Å². The van der Waals surface area contributed by atoms with Crippen molar-refractivity contribution < 1.29 is 14.6 Å². The van der Waals surface area contributed by atoms with E-state index in [4.69, 9.17) is 4.74 Å². The predicted octanol–water partition coefficient (Wildman–Crippen LogP) is 1.77. The summed E-state index contributed by atoms with van der Waals surface area (Å²) in [6.45, 7) is 1.41. The number of likely N-dealkylation sites (N-methyl/N-ethyl adjacent to an activating group) is 1. The fourth-order valence-electron chi connectivity index (χ4n) is 2.89. The molecule has 0 saturated carbocycles. The Kier molecular flexibility index (Phi) is 3.86. The highest BCUT2D eigenvalue weighted by Gasteiger charge is 2.36. The second kappa shape index (κ2) is 5.79. The lowest BCUT2D eigenvalue weighted by atomic mass is 10.0. The van der Waals surface area contributed by atoms with Crippen molar-refractivity contribution in [2.24, 2.45) is 5.92 Å². The number of carboxylic acids is 1. The van der Waals surface area contributed by atoms with Crippen LogP contribution in [0.1, 0.15) is 5.56 Å². The number of aliphatic carboxylic acids is 1. The Hall–Kier alpha value is -1.98. The molecule has 1 aliphatic rings. The van der Waals surface area contributed by atoms with Crippen LogP contribution in [0.25, 0.3) is 10.9 Å². The van der Waals surface area contributed by atoms with Gasteiger partial charge in [0, 0.05) is 24.2 Å². The molecule has 5 nitrogen and oxygen atoms in total. The molecule has 0 bridgehead atoms. The lowest BCUT2D eigenvalue weighted by Crippen LogP contribution is -2.40. The Morgan fingerprint density at radius 3 is 3.00 bits per heavy atom. The summed E-state index contributed by atoms with van der Waals surface area (Å²) in [6.07, 6.45) is 1.78. The van der Waals surface area contributed by atoms with Crippen molar-refractivity contribution >= 4 is 16.9 Å². The van der Waals surface area contributed by atoms with E-state index in [2.05, 4.69) is 9.88 Å². The molecular formula is C16H18N2O3. The van der Waals surface area contributed by atoms with Crippen molar-refractivity contribution in [3.8, 4) is 0 Å². The van der Waals surface area contributed by atoms with E-state index in [0.29, 0.717) is 13.2 Å². The number of carboxylic acid groups (broad SMARTS) is 1. The van der Waals surface area contributed by atoms with Gasteiger partial charge < -0.3 is 9.84 Å². The number of rotatable bonds is 4. The first-order valence-electron chi connectivity index (χ1n) is 7.00. The Balaban J connectivity index is 1.83. The van der Waals surface area contributed by atoms with Crippen LogP contribution in [0.3, 0.4) is 0 Å². The Morgan fingerprint density at radius 1 is 1.38 bits per heavy atom. The molecule has 2 aromatic rings. The van der Waals surface area contributed by atoms with Gasteiger partial charge in [-0.15, -0.1) is 0 Å². The molecule has 2 unspecified atom stereocenters. The maximum absolute atomic E-state index is 11.3. The van der Waals surface area contributed by atoms with Gasteiger partial charge in [0.25, 0.3) is 0 Å². The van der Waals surface area contributed by atoms with Crippen molar-refractivity contribution in [2.45, 2.75) is 12.6 Å². The van der Waals surface area contributed by atoms with Crippen LogP contribution in [0, 0.1) is 5.92 Å². The van der Waals surface area contributed by atoms with Crippen LogP contribution in [0.4, 0.5) is 0 Å². The smallest absolute Gasteiger partial charge is 0.310 e. The van der Waals surface area contributed by atoms with Gasteiger partial charge in [-0.05, 0) is 18.7 Å². The topological polar surface area (TPSA) is 62.7 Å². The minimum Gasteiger partial charge on any atom is -0.481 e. The Labute approximate surface area is 123 Å². The standard InChI is InChI=1S/C16H18N2O3/c1-18(14-10-21-9-13(14)16(19)20)8-12-5-2-4-11-6-3-7-17-15(11)12/h2-7,13-14H,8-10H2,1H3,(H,19,20). The highest BCUT2D eigenvalue weighted by atomic mass is 16.5. The molecule has 110 valence electrons. The van der Waals surface area contributed by atoms with Crippen molar-refractivity contribution in [3.63, 3.8) is 0 Å². The van der Waals surface area contributed by atoms with E-state index in [1.807, 2.05) is 37.4 Å². The van der Waals surface area contributed by atoms with Gasteiger partial charge in [-0.3, -0.25) is 14.7 Å². The summed E-state index contributed by atoms with van der Waals surface area (Å²) >= 11 is 0. The number of fused-ring (bicyclic) bond motifs is 1. The summed E-state index contributed by atoms with van der Waals surface area (Å²) in [6, 6.07) is 9.93. The molecule has 3 rings (SSSR count). The van der Waals surface area contributed by atoms with Crippen LogP contribution in [-0.4, -0.2) is 47.3 Å². The first kappa shape index (κ1) is 14.0. The lowest BCUT2D eigenvalue weighted by Gasteiger charge is -2.26. The van der Waals surface area contributed by atoms with Crippen LogP contribution in [-0.2, 0) is 16.1 Å². The summed E-state index contributed by atoms with van der Waals surface area (Å²) in [5.74, 6) is -1.25. The molecule has 1 aliphatic heterocycles. The summed E-state index contributed by atoms with van der Waals surface area (Å²) in [5, 5.41) is 10.3. The summed E-state index contributed by atoms with van der Waals surface area (Å²) in [4.78, 5) is 17.8. The van der Waals surface area contributed by atoms with E-state index in [0.717, 1.165) is 16.5 Å². The summed E-state index contributed by atoms with van der Waals surface area (Å²) < 4.78 is 5.34. The van der Waals surface area contributed by atoms with Gasteiger partial charge >= 0.3 is 5.97 Å². The second-order valence-electron chi connectivity index (χ2n) is 5.46. The number of benzene rings is 1. The molecule has 1 N–H and O–H groups in total. The van der Waals surface area contributed by atoms with Gasteiger partial charge in [-0.1, -0.05) is 24.3 Å². The van der Waals surface area contributed by atoms with Crippen molar-refractivity contribution in [3.05, 3.63) is 42.1 Å². The fraction of sp³-hybridized carbons (Fsp3) is 0.375. The number of para-hydroxylation sites is 1. The van der Waals surface area contributed by atoms with E-state index < -0.39 is 11.9 Å². The molecular weight excluding hydrogens is 268 g/mol. The molecule has 0 spiro atoms. The van der Waals surface area contributed by atoms with Crippen LogP contribution >= 0.6 is 0 Å². The summed E-state index contributed by atoms with van der Waals surface area (Å²) in [7, 11) is 1.94. The average Bonchev–Trinajstić information content (AvgIpc) is 2.97. The minimum absolute atomic E-state index is 0.0959. The van der Waals surface area contributed by atoms with Gasteiger partial charge in [0.05, 0.1) is 24.6 Å². The number of aromatic nitrogens is 1. The van der Waals surface area contributed by atoms with Gasteiger partial charge in [-0.2, -0.15) is 0 Å². The highest BCUT2D eigenvalue weighted by molar-refractivity contribution is 5.81. The van der Waals surface area contributed by atoms with E-state index in [-0.39, 0.29) is 12.6 Å². The molecule has 2 heterocycles. The third kappa shape index (κ3) is 2.75. The number of nitrogens with zero attached hydrogens (tertiary/aromatic N) is 2. The zero-order valence-electron chi connectivity index (χ0n) is 11.9. The molecule has 0 radical (unpaired) electrons. The molecule has 1 aromatic carbocycles. The molecule has 1 fully saturated rings. The molecule has 0 amide bonds. The zero-order valence-corrected chi connectivity index (χ0v) is 11.9. The minimum atomic E-state index is -0.791. The van der Waals surface area contributed by atoms with Crippen LogP contribution in [0.15, 0.2) is 36.5 Å². The number of hydrogen-bond donors (Lipinski definition) is 1. The van der Waals surface area contributed by atoms with E-state index in [9.17, 15) is 9.90 Å². The van der Waals surface area contributed by atoms with E-state index in [1.54, 1.807) is 6.20 Å². The average molecular weight is 286 g/mol. The first-order chi connectivity index (χ1) is 10.2. The van der Waals surface area contributed by atoms with Gasteiger partial charge in [-0.25, -0.2) is 0 Å². The third-order valence-electron chi connectivity index (χ3n) is 4.07. The lowest BCUT2D eigenvalue weighted by molar-refractivity contribution is -0.143. The molecule has 0 aliphatic carbocycles. The highest BCUT2D eigenvalue weighted by Crippen LogP contribution is 2.23. The van der Waals surface area contributed by atoms with E-state index >= 15 is 0 Å². The zero-order chi connectivity index (χ0) is 14.8. The third-order valence-corrected chi connectivity index (χ3v) is 4.07. The molecule has 1 aromatic heterocycles. The molecule has 5 heteroatoms. The number of pyridine rings is 1. The van der Waals surface area contributed by atoms with E-state index in [1.165, 1.54) is 0 Å². The molecule has 21 heavy (non-hydrogen) atoms. The van der Waals surface area contributed by atoms with Crippen LogP contribution in [0.5, 0.6) is 0 Å². The maximum atomic E-state index is 11.3.